The topological polar surface area (TPSA) is 108 Å². The Bertz CT molecular complexity index is 564. The van der Waals surface area contributed by atoms with Gasteiger partial charge in [-0.05, 0) is 13.0 Å². The molecule has 1 fully saturated rings. The molecule has 2 N–H and O–H groups in total. The number of carbonyl (C=O) groups excluding carboxylic acids is 1. The van der Waals surface area contributed by atoms with Gasteiger partial charge in [-0.15, -0.1) is 0 Å². The molecule has 0 radical (unpaired) electrons. The van der Waals surface area contributed by atoms with Crippen LogP contribution in [0.1, 0.15) is 12.5 Å². The van der Waals surface area contributed by atoms with Crippen LogP contribution in [0.5, 0.6) is 5.75 Å². The molecule has 2 rings (SSSR count). The second-order valence-electron chi connectivity index (χ2n) is 5.62. The summed E-state index contributed by atoms with van der Waals surface area (Å²) in [7, 11) is 3.25. The normalized spacial score (nSPS) is 13.4. The molecule has 0 bridgehead atoms. The fourth-order valence-electron chi connectivity index (χ4n) is 2.13. The zero-order chi connectivity index (χ0) is 18.8. The van der Waals surface area contributed by atoms with Gasteiger partial charge in [0.1, 0.15) is 5.75 Å². The number of amides is 2. The maximum absolute atomic E-state index is 11.8. The van der Waals surface area contributed by atoms with Gasteiger partial charge in [0.05, 0.1) is 24.7 Å². The Morgan fingerprint density at radius 2 is 2.00 bits per heavy atom. The lowest BCUT2D eigenvalue weighted by Gasteiger charge is -2.25. The Hall–Kier alpha value is -2.39. The van der Waals surface area contributed by atoms with E-state index in [-0.39, 0.29) is 24.0 Å². The Balaban J connectivity index is 0.000000435. The highest BCUT2D eigenvalue weighted by atomic mass is 16.6. The van der Waals surface area contributed by atoms with Gasteiger partial charge in [0.2, 0.25) is 0 Å². The van der Waals surface area contributed by atoms with Crippen molar-refractivity contribution in [2.75, 3.05) is 46.9 Å². The van der Waals surface area contributed by atoms with Gasteiger partial charge >= 0.3 is 6.03 Å². The molecule has 1 aromatic carbocycles. The number of nitro benzene ring substituents is 1. The molecule has 0 unspecified atom stereocenters. The summed E-state index contributed by atoms with van der Waals surface area (Å²) in [5.41, 5.74) is 0.243. The van der Waals surface area contributed by atoms with E-state index in [1.54, 1.807) is 21.0 Å². The molecule has 9 nitrogen and oxygen atoms in total. The number of nitrogens with zero attached hydrogens (tertiary/aromatic N) is 3. The van der Waals surface area contributed by atoms with Gasteiger partial charge in [-0.3, -0.25) is 10.1 Å². The molecule has 9 heteroatoms. The lowest BCUT2D eigenvalue weighted by molar-refractivity contribution is -0.385. The number of aromatic hydroxyl groups is 1. The Labute approximate surface area is 147 Å². The molecule has 0 spiro atoms. The number of hydrogen-bond acceptors (Lipinski definition) is 6. The van der Waals surface area contributed by atoms with Crippen molar-refractivity contribution in [3.05, 3.63) is 33.9 Å². The Morgan fingerprint density at radius 1 is 1.36 bits per heavy atom. The Morgan fingerprint density at radius 3 is 2.40 bits per heavy atom. The van der Waals surface area contributed by atoms with E-state index in [0.29, 0.717) is 12.1 Å². The zero-order valence-electron chi connectivity index (χ0n) is 14.9. The molecule has 0 atom stereocenters. The number of benzene rings is 1. The molecular formula is C16H26N4O5. The zero-order valence-corrected chi connectivity index (χ0v) is 14.9. The number of morpholine rings is 1. The highest BCUT2D eigenvalue weighted by Crippen LogP contribution is 2.24. The maximum Gasteiger partial charge on any atom is 0.319 e. The van der Waals surface area contributed by atoms with E-state index in [0.717, 1.165) is 26.3 Å². The third-order valence-corrected chi connectivity index (χ3v) is 3.52. The van der Waals surface area contributed by atoms with Gasteiger partial charge in [-0.25, -0.2) is 4.79 Å². The molecule has 1 aliphatic heterocycles. The SMILES string of the molecule is C1COCCN1.CCN(Cc1cc([N+](=O)[O-])ccc1O)C(=O)N(C)C. The van der Waals surface area contributed by atoms with Crippen LogP contribution in [0.3, 0.4) is 0 Å². The lowest BCUT2D eigenvalue weighted by atomic mass is 10.1. The van der Waals surface area contributed by atoms with Crippen molar-refractivity contribution in [1.82, 2.24) is 15.1 Å². The first kappa shape index (κ1) is 20.7. The summed E-state index contributed by atoms with van der Waals surface area (Å²) in [5.74, 6) is -0.0596. The van der Waals surface area contributed by atoms with Crippen molar-refractivity contribution < 1.29 is 19.6 Å². The number of ether oxygens (including phenoxy) is 1. The number of non-ortho nitro benzene ring substituents is 1. The second kappa shape index (κ2) is 10.5. The summed E-state index contributed by atoms with van der Waals surface area (Å²) in [6.45, 7) is 6.20. The first-order valence-corrected chi connectivity index (χ1v) is 8.07. The molecule has 0 aliphatic carbocycles. The van der Waals surface area contributed by atoms with Gasteiger partial charge in [-0.2, -0.15) is 0 Å². The van der Waals surface area contributed by atoms with E-state index in [2.05, 4.69) is 5.32 Å². The predicted octanol–water partition coefficient (Wildman–Crippen LogP) is 1.41. The van der Waals surface area contributed by atoms with Crippen LogP contribution in [0, 0.1) is 10.1 Å². The van der Waals surface area contributed by atoms with E-state index in [1.807, 2.05) is 0 Å². The first-order valence-electron chi connectivity index (χ1n) is 8.07. The van der Waals surface area contributed by atoms with Gasteiger partial charge in [0, 0.05) is 51.4 Å². The first-order chi connectivity index (χ1) is 11.9. The molecule has 1 heterocycles. The molecule has 0 saturated carbocycles. The minimum absolute atomic E-state index is 0.0596. The van der Waals surface area contributed by atoms with Crippen LogP contribution in [-0.2, 0) is 11.3 Å². The summed E-state index contributed by atoms with van der Waals surface area (Å²) in [5, 5.41) is 23.6. The summed E-state index contributed by atoms with van der Waals surface area (Å²) in [6.07, 6.45) is 0. The average Bonchev–Trinajstić information content (AvgIpc) is 2.62. The number of nitro groups is 1. The predicted molar refractivity (Wildman–Crippen MR) is 93.6 cm³/mol. The smallest absolute Gasteiger partial charge is 0.319 e. The van der Waals surface area contributed by atoms with Crippen LogP contribution < -0.4 is 5.32 Å². The highest BCUT2D eigenvalue weighted by Gasteiger charge is 2.17. The lowest BCUT2D eigenvalue weighted by Crippen LogP contribution is -2.38. The van der Waals surface area contributed by atoms with Crippen LogP contribution in [0.2, 0.25) is 0 Å². The van der Waals surface area contributed by atoms with Gasteiger partial charge in [-0.1, -0.05) is 0 Å². The standard InChI is InChI=1S/C12H17N3O4.C4H9NO/c1-4-14(12(17)13(2)3)8-9-7-10(15(18)19)5-6-11(9)16;1-3-6-4-2-5-1/h5-7,16H,4,8H2,1-3H3;5H,1-4H2. The monoisotopic (exact) mass is 354 g/mol. The molecule has 140 valence electrons. The number of urea groups is 1. The van der Waals surface area contributed by atoms with Crippen LogP contribution in [-0.4, -0.2) is 72.8 Å². The summed E-state index contributed by atoms with van der Waals surface area (Å²) < 4.78 is 5.01. The number of phenolic OH excluding ortho intramolecular Hbond substituents is 1. The van der Waals surface area contributed by atoms with Crippen LogP contribution >= 0.6 is 0 Å². The van der Waals surface area contributed by atoms with E-state index in [4.69, 9.17) is 4.74 Å². The van der Waals surface area contributed by atoms with Crippen molar-refractivity contribution >= 4 is 11.7 Å². The van der Waals surface area contributed by atoms with Crippen molar-refractivity contribution in [2.45, 2.75) is 13.5 Å². The van der Waals surface area contributed by atoms with E-state index in [1.165, 1.54) is 28.0 Å². The summed E-state index contributed by atoms with van der Waals surface area (Å²) >= 11 is 0. The number of nitrogens with one attached hydrogen (secondary N) is 1. The van der Waals surface area contributed by atoms with Crippen molar-refractivity contribution in [2.24, 2.45) is 0 Å². The second-order valence-corrected chi connectivity index (χ2v) is 5.62. The molecule has 25 heavy (non-hydrogen) atoms. The molecular weight excluding hydrogens is 328 g/mol. The number of rotatable bonds is 4. The fraction of sp³-hybridized carbons (Fsp3) is 0.562. The molecule has 1 saturated heterocycles. The third kappa shape index (κ3) is 6.94. The molecule has 1 aliphatic rings. The molecule has 1 aromatic rings. The quantitative estimate of drug-likeness (QED) is 0.625. The minimum Gasteiger partial charge on any atom is -0.508 e. The van der Waals surface area contributed by atoms with Crippen molar-refractivity contribution in [3.63, 3.8) is 0 Å². The average molecular weight is 354 g/mol. The van der Waals surface area contributed by atoms with Crippen molar-refractivity contribution in [3.8, 4) is 5.75 Å². The van der Waals surface area contributed by atoms with E-state index in [9.17, 15) is 20.0 Å². The number of hydrogen-bond donors (Lipinski definition) is 2. The van der Waals surface area contributed by atoms with Crippen LogP contribution in [0.15, 0.2) is 18.2 Å². The summed E-state index contributed by atoms with van der Waals surface area (Å²) in [4.78, 5) is 24.9. The molecule has 2 amide bonds. The van der Waals surface area contributed by atoms with Crippen LogP contribution in [0.25, 0.3) is 0 Å². The van der Waals surface area contributed by atoms with Gasteiger partial charge < -0.3 is 25.0 Å². The number of phenols is 1. The van der Waals surface area contributed by atoms with E-state index < -0.39 is 4.92 Å². The largest absolute Gasteiger partial charge is 0.508 e. The third-order valence-electron chi connectivity index (χ3n) is 3.52. The van der Waals surface area contributed by atoms with E-state index >= 15 is 0 Å². The fourth-order valence-corrected chi connectivity index (χ4v) is 2.13. The minimum atomic E-state index is -0.535. The van der Waals surface area contributed by atoms with Crippen molar-refractivity contribution in [1.29, 1.82) is 0 Å². The maximum atomic E-state index is 11.8. The van der Waals surface area contributed by atoms with Gasteiger partial charge in [0.25, 0.3) is 5.69 Å². The highest BCUT2D eigenvalue weighted by molar-refractivity contribution is 5.73. The van der Waals surface area contributed by atoms with Crippen LogP contribution in [0.4, 0.5) is 10.5 Å². The summed E-state index contributed by atoms with van der Waals surface area (Å²) in [6, 6.07) is 3.55. The Kier molecular flexibility index (Phi) is 8.65. The number of carbonyl (C=O) groups is 1. The van der Waals surface area contributed by atoms with Gasteiger partial charge in [0.15, 0.2) is 0 Å². The molecule has 0 aromatic heterocycles.